The molecule has 0 bridgehead atoms. The molecule has 0 amide bonds. The van der Waals surface area contributed by atoms with Crippen molar-refractivity contribution in [3.8, 4) is 0 Å². The van der Waals surface area contributed by atoms with Crippen LogP contribution in [-0.2, 0) is 0 Å². The molecule has 0 atom stereocenters. The van der Waals surface area contributed by atoms with Crippen LogP contribution in [0.1, 0.15) is 129 Å². The number of pyridine rings is 1. The van der Waals surface area contributed by atoms with Crippen LogP contribution in [0, 0.1) is 16.2 Å². The highest BCUT2D eigenvalue weighted by Crippen LogP contribution is 2.09. The molecule has 0 saturated carbocycles. The van der Waals surface area contributed by atoms with Gasteiger partial charge in [0.2, 0.25) is 0 Å². The lowest BCUT2D eigenvalue weighted by Crippen LogP contribution is -1.93. The molecule has 42 heavy (non-hydrogen) atoms. The van der Waals surface area contributed by atoms with Gasteiger partial charge in [-0.05, 0) is 46.6 Å². The molecular weight excluding hydrogens is 520 g/mol. The van der Waals surface area contributed by atoms with E-state index in [4.69, 9.17) is 17.2 Å². The first-order valence-electron chi connectivity index (χ1n) is 14.9. The maximum atomic E-state index is 5.25. The minimum atomic E-state index is 0. The Labute approximate surface area is 266 Å². The fourth-order valence-electron chi connectivity index (χ4n) is 0.990. The summed E-state index contributed by atoms with van der Waals surface area (Å²) in [7, 11) is 0. The van der Waals surface area contributed by atoms with Crippen LogP contribution in [0.3, 0.4) is 0 Å². The second-order valence-electron chi connectivity index (χ2n) is 12.5. The van der Waals surface area contributed by atoms with Crippen molar-refractivity contribution in [2.45, 2.75) is 125 Å². The molecule has 0 unspecified atom stereocenters. The molecule has 6 N–H and O–H groups in total. The van der Waals surface area contributed by atoms with Crippen molar-refractivity contribution in [1.82, 2.24) is 25.1 Å². The molecule has 0 fully saturated rings. The molecule has 8 heteroatoms. The molecule has 0 radical (unpaired) electrons. The summed E-state index contributed by atoms with van der Waals surface area (Å²) >= 11 is 0. The van der Waals surface area contributed by atoms with Crippen molar-refractivity contribution in [2.24, 2.45) is 16.2 Å². The molecule has 0 aliphatic heterocycles. The van der Waals surface area contributed by atoms with Gasteiger partial charge in [-0.1, -0.05) is 131 Å². The lowest BCUT2D eigenvalue weighted by Gasteiger charge is -2.05. The van der Waals surface area contributed by atoms with Gasteiger partial charge < -0.3 is 17.2 Å². The zero-order chi connectivity index (χ0) is 34.8. The molecule has 3 heterocycles. The quantitative estimate of drug-likeness (QED) is 0.231. The summed E-state index contributed by atoms with van der Waals surface area (Å²) in [6.45, 7) is 38.2. The van der Waals surface area contributed by atoms with E-state index in [0.717, 1.165) is 0 Å². The predicted molar refractivity (Wildman–Crippen MR) is 197 cm³/mol. The molecule has 0 aliphatic rings. The second-order valence-corrected chi connectivity index (χ2v) is 12.5. The van der Waals surface area contributed by atoms with Crippen LogP contribution >= 0.6 is 0 Å². The molecule has 252 valence electrons. The third kappa shape index (κ3) is 109. The number of nitrogens with zero attached hydrogens (tertiary/aromatic N) is 5. The third-order valence-corrected chi connectivity index (χ3v) is 1.89. The van der Waals surface area contributed by atoms with E-state index in [2.05, 4.69) is 108 Å². The van der Waals surface area contributed by atoms with E-state index in [9.17, 15) is 0 Å². The van der Waals surface area contributed by atoms with Crippen LogP contribution in [0.25, 0.3) is 0 Å². The van der Waals surface area contributed by atoms with Crippen molar-refractivity contribution in [3.63, 3.8) is 0 Å². The van der Waals surface area contributed by atoms with Gasteiger partial charge in [0.05, 0.1) is 0 Å². The molecule has 3 aromatic rings. The molecule has 3 rings (SSSR count). The van der Waals surface area contributed by atoms with Gasteiger partial charge in [0.25, 0.3) is 0 Å². The summed E-state index contributed by atoms with van der Waals surface area (Å²) in [5.41, 5.74) is 17.1. The molecule has 0 aliphatic carbocycles. The van der Waals surface area contributed by atoms with Gasteiger partial charge in [-0.25, -0.2) is 15.0 Å². The predicted octanol–water partition coefficient (Wildman–Crippen LogP) is 10.8. The highest BCUT2D eigenvalue weighted by Gasteiger charge is 1.96. The normalized spacial score (nSPS) is 9.00. The van der Waals surface area contributed by atoms with Gasteiger partial charge in [-0.2, -0.15) is 5.10 Å². The fourth-order valence-corrected chi connectivity index (χ4v) is 0.990. The molecule has 0 aromatic carbocycles. The van der Waals surface area contributed by atoms with Crippen LogP contribution in [0.15, 0.2) is 61.3 Å². The first-order chi connectivity index (χ1) is 19.2. The number of hydrogen-bond acceptors (Lipinski definition) is 8. The smallest absolute Gasteiger partial charge is 0.146 e. The van der Waals surface area contributed by atoms with Crippen LogP contribution in [-0.4, -0.2) is 25.1 Å². The van der Waals surface area contributed by atoms with Crippen molar-refractivity contribution in [1.29, 1.82) is 0 Å². The van der Waals surface area contributed by atoms with Gasteiger partial charge >= 0.3 is 0 Å². The van der Waals surface area contributed by atoms with E-state index in [-0.39, 0.29) is 4.28 Å². The summed E-state index contributed by atoms with van der Waals surface area (Å²) < 4.78 is 0. The van der Waals surface area contributed by atoms with Crippen molar-refractivity contribution >= 4 is 17.5 Å². The maximum Gasteiger partial charge on any atom is 0.146 e. The first kappa shape index (κ1) is 51.4. The van der Waals surface area contributed by atoms with Crippen LogP contribution < -0.4 is 17.2 Å². The van der Waals surface area contributed by atoms with E-state index in [1.54, 1.807) is 42.9 Å². The van der Waals surface area contributed by atoms with Crippen LogP contribution in [0.5, 0.6) is 0 Å². The Morgan fingerprint density at radius 2 is 0.857 bits per heavy atom. The fraction of sp³-hybridized carbons (Fsp3) is 0.618. The van der Waals surface area contributed by atoms with Crippen molar-refractivity contribution in [2.75, 3.05) is 17.2 Å². The standard InChI is InChI=1S/C5H6N2.3C5H12.2C4H5N3.3C2H6.3H2/c6-5-3-1-2-4-7-5;3*1-5(2,3)4;5-4-1-2-6-3-7-4;5-4-2-1-3-6-7-4;3*1-2;;;/h1-4H,(H2,6,7);3*1-4H3;1-3H,(H2,5,6,7);1-3H,(H2,5,7);3*1-2H3;3*1H/i;;;;;;;;;3*1+1. The number of hydrogen-bond donors (Lipinski definition) is 3. The van der Waals surface area contributed by atoms with Gasteiger partial charge in [-0.3, -0.25) is 0 Å². The number of nitrogens with two attached hydrogens (primary N) is 3. The van der Waals surface area contributed by atoms with Crippen molar-refractivity contribution < 1.29 is 4.28 Å². The Balaban J connectivity index is -0.0000000474. The molecular formula is C34H76N8. The van der Waals surface area contributed by atoms with E-state index in [1.807, 2.05) is 53.7 Å². The minimum absolute atomic E-state index is 0. The van der Waals surface area contributed by atoms with E-state index in [1.165, 1.54) is 6.33 Å². The topological polar surface area (TPSA) is 143 Å². The van der Waals surface area contributed by atoms with E-state index < -0.39 is 0 Å². The number of nitrogen functional groups attached to an aromatic ring is 3. The Morgan fingerprint density at radius 3 is 1.00 bits per heavy atom. The van der Waals surface area contributed by atoms with Crippen LogP contribution in [0.2, 0.25) is 0 Å². The van der Waals surface area contributed by atoms with Crippen molar-refractivity contribution in [3.05, 3.63) is 61.3 Å². The lowest BCUT2D eigenvalue weighted by molar-refractivity contribution is 0.469. The molecule has 3 aromatic heterocycles. The summed E-state index contributed by atoms with van der Waals surface area (Å²) in [6, 6.07) is 10.5. The summed E-state index contributed by atoms with van der Waals surface area (Å²) in [5, 5.41) is 7.02. The zero-order valence-electron chi connectivity index (χ0n) is 30.7. The van der Waals surface area contributed by atoms with Gasteiger partial charge in [0.15, 0.2) is 0 Å². The Morgan fingerprint density at radius 1 is 0.476 bits per heavy atom. The first-order valence-corrected chi connectivity index (χ1v) is 14.9. The summed E-state index contributed by atoms with van der Waals surface area (Å²) in [4.78, 5) is 11.1. The number of rotatable bonds is 0. The Bertz CT molecular complexity index is 718. The van der Waals surface area contributed by atoms with E-state index in [0.29, 0.717) is 33.7 Å². The van der Waals surface area contributed by atoms with Gasteiger partial charge in [0.1, 0.15) is 23.8 Å². The average molecular weight is 600 g/mol. The number of aromatic nitrogens is 5. The molecule has 0 spiro atoms. The highest BCUT2D eigenvalue weighted by molar-refractivity contribution is 5.25. The minimum Gasteiger partial charge on any atom is -0.384 e. The van der Waals surface area contributed by atoms with Gasteiger partial charge in [-0.15, -0.1) is 5.10 Å². The maximum absolute atomic E-state index is 5.25. The highest BCUT2D eigenvalue weighted by atomic mass is 15.1. The molecule has 8 nitrogen and oxygen atoms in total. The zero-order valence-corrected chi connectivity index (χ0v) is 30.7. The summed E-state index contributed by atoms with van der Waals surface area (Å²) in [5.74, 6) is 1.54. The van der Waals surface area contributed by atoms with E-state index >= 15 is 0 Å². The monoisotopic (exact) mass is 600 g/mol. The SMILES string of the molecule is CC.CC.CC.CC(C)(C)C.CC(C)(C)C.CC(C)(C)C.Nc1ccccn1.Nc1cccnn1.Nc1ccncn1.[2HH].[2HH].[2HH]. The van der Waals surface area contributed by atoms with Crippen LogP contribution in [0.4, 0.5) is 17.5 Å². The summed E-state index contributed by atoms with van der Waals surface area (Å²) in [6.07, 6.45) is 6.25. The lowest BCUT2D eigenvalue weighted by atomic mass is 10.0. The Hall–Kier alpha value is -3.29. The second kappa shape index (κ2) is 33.9. The average Bonchev–Trinajstić information content (AvgIpc) is 2.87. The third-order valence-electron chi connectivity index (χ3n) is 1.89. The Kier molecular flexibility index (Phi) is 41.5. The number of anilines is 3. The molecule has 0 saturated heterocycles. The largest absolute Gasteiger partial charge is 0.384 e. The van der Waals surface area contributed by atoms with Gasteiger partial charge in [0, 0.05) is 22.9 Å².